The van der Waals surface area contributed by atoms with Gasteiger partial charge in [0.15, 0.2) is 0 Å². The zero-order valence-electron chi connectivity index (χ0n) is 13.0. The predicted octanol–water partition coefficient (Wildman–Crippen LogP) is 2.44. The maximum atomic E-state index is 10.5. The van der Waals surface area contributed by atoms with Crippen molar-refractivity contribution in [1.29, 1.82) is 0 Å². The first-order chi connectivity index (χ1) is 10.8. The van der Waals surface area contributed by atoms with Crippen molar-refractivity contribution >= 4 is 5.69 Å². The lowest BCUT2D eigenvalue weighted by atomic mass is 10.2. The van der Waals surface area contributed by atoms with E-state index < -0.39 is 4.92 Å². The molecule has 1 N–H and O–H groups in total. The van der Waals surface area contributed by atoms with E-state index in [2.05, 4.69) is 10.2 Å². The summed E-state index contributed by atoms with van der Waals surface area (Å²) in [6, 6.07) is 6.26. The number of hydrogen-bond acceptors (Lipinski definition) is 5. The minimum Gasteiger partial charge on any atom is -0.494 e. The summed E-state index contributed by atoms with van der Waals surface area (Å²) in [6.45, 7) is 6.44. The first kappa shape index (κ1) is 16.7. The van der Waals surface area contributed by atoms with Crippen molar-refractivity contribution in [3.8, 4) is 5.75 Å². The van der Waals surface area contributed by atoms with Gasteiger partial charge in [0.2, 0.25) is 0 Å². The van der Waals surface area contributed by atoms with Gasteiger partial charge in [-0.3, -0.25) is 10.1 Å². The van der Waals surface area contributed by atoms with Crippen LogP contribution >= 0.6 is 0 Å². The highest BCUT2D eigenvalue weighted by atomic mass is 16.6. The largest absolute Gasteiger partial charge is 0.494 e. The SMILES string of the molecule is O=[N+]([O-])c1ccc(OCCCCCCN2CCNCC2)cc1. The number of hydrogen-bond donors (Lipinski definition) is 1. The van der Waals surface area contributed by atoms with Crippen LogP contribution in [0.2, 0.25) is 0 Å². The molecule has 2 rings (SSSR count). The molecule has 1 aliphatic rings. The van der Waals surface area contributed by atoms with E-state index in [1.807, 2.05) is 0 Å². The fourth-order valence-electron chi connectivity index (χ4n) is 2.58. The quantitative estimate of drug-likeness (QED) is 0.431. The van der Waals surface area contributed by atoms with Crippen LogP contribution in [0.4, 0.5) is 5.69 Å². The second-order valence-electron chi connectivity index (χ2n) is 5.61. The number of nitrogens with zero attached hydrogens (tertiary/aromatic N) is 2. The Morgan fingerprint density at radius 1 is 1.09 bits per heavy atom. The van der Waals surface area contributed by atoms with Crippen LogP contribution in [-0.4, -0.2) is 49.2 Å². The zero-order chi connectivity index (χ0) is 15.6. The van der Waals surface area contributed by atoms with E-state index in [9.17, 15) is 10.1 Å². The predicted molar refractivity (Wildman–Crippen MR) is 86.4 cm³/mol. The summed E-state index contributed by atoms with van der Waals surface area (Å²) in [5, 5.41) is 13.9. The molecule has 6 nitrogen and oxygen atoms in total. The van der Waals surface area contributed by atoms with Crippen LogP contribution in [0, 0.1) is 10.1 Å². The third kappa shape index (κ3) is 5.99. The highest BCUT2D eigenvalue weighted by Gasteiger charge is 2.08. The summed E-state index contributed by atoms with van der Waals surface area (Å²) in [6.07, 6.45) is 4.67. The first-order valence-corrected chi connectivity index (χ1v) is 8.06. The summed E-state index contributed by atoms with van der Waals surface area (Å²) in [7, 11) is 0. The van der Waals surface area contributed by atoms with Gasteiger partial charge in [-0.1, -0.05) is 12.8 Å². The van der Waals surface area contributed by atoms with Crippen molar-refractivity contribution < 1.29 is 9.66 Å². The molecule has 0 bridgehead atoms. The van der Waals surface area contributed by atoms with Crippen molar-refractivity contribution in [2.45, 2.75) is 25.7 Å². The number of unbranched alkanes of at least 4 members (excludes halogenated alkanes) is 3. The summed E-state index contributed by atoms with van der Waals surface area (Å²) >= 11 is 0. The zero-order valence-corrected chi connectivity index (χ0v) is 13.0. The van der Waals surface area contributed by atoms with E-state index in [1.54, 1.807) is 12.1 Å². The minimum absolute atomic E-state index is 0.0975. The standard InChI is InChI=1S/C16H25N3O3/c20-19(21)15-5-7-16(8-6-15)22-14-4-2-1-3-11-18-12-9-17-10-13-18/h5-8,17H,1-4,9-14H2. The Kier molecular flexibility index (Phi) is 7.12. The van der Waals surface area contributed by atoms with Gasteiger partial charge in [0, 0.05) is 38.3 Å². The van der Waals surface area contributed by atoms with E-state index in [0.717, 1.165) is 19.5 Å². The van der Waals surface area contributed by atoms with Crippen molar-refractivity contribution in [3.05, 3.63) is 34.4 Å². The summed E-state index contributed by atoms with van der Waals surface area (Å²) in [5.41, 5.74) is 0.0975. The van der Waals surface area contributed by atoms with Gasteiger partial charge < -0.3 is 15.0 Å². The van der Waals surface area contributed by atoms with Gasteiger partial charge in [-0.15, -0.1) is 0 Å². The molecule has 0 aromatic heterocycles. The average molecular weight is 307 g/mol. The van der Waals surface area contributed by atoms with Crippen LogP contribution in [0.5, 0.6) is 5.75 Å². The third-order valence-electron chi connectivity index (χ3n) is 3.89. The van der Waals surface area contributed by atoms with Crippen LogP contribution in [0.25, 0.3) is 0 Å². The number of non-ortho nitro benzene ring substituents is 1. The van der Waals surface area contributed by atoms with Gasteiger partial charge in [-0.2, -0.15) is 0 Å². The van der Waals surface area contributed by atoms with Gasteiger partial charge in [-0.05, 0) is 31.5 Å². The van der Waals surface area contributed by atoms with Gasteiger partial charge in [0.25, 0.3) is 5.69 Å². The Morgan fingerprint density at radius 3 is 2.45 bits per heavy atom. The average Bonchev–Trinajstić information content (AvgIpc) is 2.55. The normalized spacial score (nSPS) is 15.6. The van der Waals surface area contributed by atoms with Crippen LogP contribution in [0.15, 0.2) is 24.3 Å². The molecule has 1 aliphatic heterocycles. The number of rotatable bonds is 9. The first-order valence-electron chi connectivity index (χ1n) is 8.06. The maximum Gasteiger partial charge on any atom is 0.269 e. The summed E-state index contributed by atoms with van der Waals surface area (Å²) in [5.74, 6) is 0.700. The Hall–Kier alpha value is -1.66. The Balaban J connectivity index is 1.49. The molecule has 0 unspecified atom stereocenters. The van der Waals surface area contributed by atoms with E-state index >= 15 is 0 Å². The van der Waals surface area contributed by atoms with Gasteiger partial charge in [0.1, 0.15) is 5.75 Å². The number of nitro groups is 1. The molecular weight excluding hydrogens is 282 g/mol. The summed E-state index contributed by atoms with van der Waals surface area (Å²) in [4.78, 5) is 12.7. The Labute approximate surface area is 131 Å². The van der Waals surface area contributed by atoms with Crippen molar-refractivity contribution in [3.63, 3.8) is 0 Å². The molecule has 0 amide bonds. The minimum atomic E-state index is -0.401. The van der Waals surface area contributed by atoms with Gasteiger partial charge >= 0.3 is 0 Å². The van der Waals surface area contributed by atoms with E-state index in [-0.39, 0.29) is 5.69 Å². The molecule has 0 aliphatic carbocycles. The third-order valence-corrected chi connectivity index (χ3v) is 3.89. The second-order valence-corrected chi connectivity index (χ2v) is 5.61. The van der Waals surface area contributed by atoms with E-state index in [4.69, 9.17) is 4.74 Å². The van der Waals surface area contributed by atoms with Crippen LogP contribution in [0.1, 0.15) is 25.7 Å². The van der Waals surface area contributed by atoms with Gasteiger partial charge in [-0.25, -0.2) is 0 Å². The number of ether oxygens (including phenoxy) is 1. The van der Waals surface area contributed by atoms with Crippen molar-refractivity contribution in [1.82, 2.24) is 10.2 Å². The van der Waals surface area contributed by atoms with Crippen LogP contribution < -0.4 is 10.1 Å². The topological polar surface area (TPSA) is 67.6 Å². The van der Waals surface area contributed by atoms with Crippen molar-refractivity contribution in [2.24, 2.45) is 0 Å². The fourth-order valence-corrected chi connectivity index (χ4v) is 2.58. The molecule has 0 atom stereocenters. The number of nitro benzene ring substituents is 1. The molecule has 0 radical (unpaired) electrons. The van der Waals surface area contributed by atoms with Gasteiger partial charge in [0.05, 0.1) is 11.5 Å². The van der Waals surface area contributed by atoms with Crippen LogP contribution in [-0.2, 0) is 0 Å². The Bertz CT molecular complexity index is 444. The highest BCUT2D eigenvalue weighted by molar-refractivity contribution is 5.35. The molecule has 1 heterocycles. The molecule has 6 heteroatoms. The number of piperazine rings is 1. The highest BCUT2D eigenvalue weighted by Crippen LogP contribution is 2.17. The smallest absolute Gasteiger partial charge is 0.269 e. The molecule has 1 saturated heterocycles. The number of nitrogens with one attached hydrogen (secondary N) is 1. The Morgan fingerprint density at radius 2 is 1.77 bits per heavy atom. The monoisotopic (exact) mass is 307 g/mol. The van der Waals surface area contributed by atoms with Crippen LogP contribution in [0.3, 0.4) is 0 Å². The van der Waals surface area contributed by atoms with E-state index in [0.29, 0.717) is 12.4 Å². The molecule has 122 valence electrons. The lowest BCUT2D eigenvalue weighted by Gasteiger charge is -2.26. The lowest BCUT2D eigenvalue weighted by Crippen LogP contribution is -2.43. The summed E-state index contributed by atoms with van der Waals surface area (Å²) < 4.78 is 5.60. The molecule has 0 saturated carbocycles. The second kappa shape index (κ2) is 9.38. The molecule has 1 aromatic carbocycles. The lowest BCUT2D eigenvalue weighted by molar-refractivity contribution is -0.384. The molecule has 1 fully saturated rings. The maximum absolute atomic E-state index is 10.5. The molecule has 1 aromatic rings. The molecule has 0 spiro atoms. The van der Waals surface area contributed by atoms with E-state index in [1.165, 1.54) is 51.0 Å². The number of benzene rings is 1. The molecular formula is C16H25N3O3. The fraction of sp³-hybridized carbons (Fsp3) is 0.625. The van der Waals surface area contributed by atoms with Crippen molar-refractivity contribution in [2.75, 3.05) is 39.3 Å². The molecule has 22 heavy (non-hydrogen) atoms.